The van der Waals surface area contributed by atoms with E-state index >= 15 is 0 Å². The summed E-state index contributed by atoms with van der Waals surface area (Å²) >= 11 is 0. The maximum absolute atomic E-state index is 3.61. The maximum Gasteiger partial charge on any atom is 0.0348 e. The predicted molar refractivity (Wildman–Crippen MR) is 37.6 cm³/mol. The highest BCUT2D eigenvalue weighted by molar-refractivity contribution is 4.81. The Morgan fingerprint density at radius 3 is 2.62 bits per heavy atom. The van der Waals surface area contributed by atoms with E-state index in [0.717, 1.165) is 6.54 Å². The Morgan fingerprint density at radius 2 is 2.25 bits per heavy atom. The Balaban J connectivity index is 3.31. The zero-order valence-corrected chi connectivity index (χ0v) is 5.59. The lowest BCUT2D eigenvalue weighted by atomic mass is 10.5. The first-order valence-corrected chi connectivity index (χ1v) is 2.75. The van der Waals surface area contributed by atoms with Crippen LogP contribution in [-0.2, 0) is 0 Å². The van der Waals surface area contributed by atoms with Crippen molar-refractivity contribution in [1.82, 2.24) is 4.90 Å². The summed E-state index contributed by atoms with van der Waals surface area (Å²) in [5.74, 6) is 0. The molecule has 0 N–H and O–H groups in total. The van der Waals surface area contributed by atoms with E-state index in [1.54, 1.807) is 0 Å². The molecule has 46 valence electrons. The number of hydrogen-bond acceptors (Lipinski definition) is 1. The van der Waals surface area contributed by atoms with Gasteiger partial charge in [-0.05, 0) is 13.1 Å². The van der Waals surface area contributed by atoms with E-state index in [9.17, 15) is 0 Å². The first-order valence-electron chi connectivity index (χ1n) is 2.75. The Bertz CT molecular complexity index is 84.4. The number of likely N-dealkylation sites (N-methyl/N-ethyl adjacent to an activating group) is 1. The molecule has 0 radical (unpaired) electrons. The molecule has 0 aromatic carbocycles. The second-order valence-corrected chi connectivity index (χ2v) is 1.71. The second kappa shape index (κ2) is 4.44. The Morgan fingerprint density at radius 1 is 1.62 bits per heavy atom. The average Bonchev–Trinajstić information content (AvgIpc) is 1.68. The van der Waals surface area contributed by atoms with Crippen LogP contribution in [0.2, 0.25) is 0 Å². The van der Waals surface area contributed by atoms with Crippen molar-refractivity contribution in [3.05, 3.63) is 24.9 Å². The van der Waals surface area contributed by atoms with Crippen LogP contribution in [0.1, 0.15) is 6.92 Å². The highest BCUT2D eigenvalue weighted by Crippen LogP contribution is 1.81. The molecule has 0 aliphatic carbocycles. The van der Waals surface area contributed by atoms with Gasteiger partial charge >= 0.3 is 0 Å². The lowest BCUT2D eigenvalue weighted by Crippen LogP contribution is -2.08. The van der Waals surface area contributed by atoms with Crippen LogP contribution in [0.5, 0.6) is 0 Å². The highest BCUT2D eigenvalue weighted by atomic mass is 15.1. The Labute approximate surface area is 51.3 Å². The molecule has 0 aliphatic heterocycles. The van der Waals surface area contributed by atoms with Crippen molar-refractivity contribution in [2.24, 2.45) is 0 Å². The third kappa shape index (κ3) is 3.47. The van der Waals surface area contributed by atoms with Crippen LogP contribution in [0, 0.1) is 0 Å². The Kier molecular flexibility index (Phi) is 4.04. The van der Waals surface area contributed by atoms with Gasteiger partial charge in [-0.2, -0.15) is 0 Å². The van der Waals surface area contributed by atoms with Crippen molar-refractivity contribution in [2.45, 2.75) is 6.92 Å². The zero-order chi connectivity index (χ0) is 6.41. The summed E-state index contributed by atoms with van der Waals surface area (Å²) in [6.07, 6.45) is 5.89. The molecule has 0 saturated heterocycles. The molecule has 0 aliphatic rings. The molecule has 0 aromatic heterocycles. The van der Waals surface area contributed by atoms with Gasteiger partial charge in [0, 0.05) is 13.6 Å². The van der Waals surface area contributed by atoms with Crippen LogP contribution < -0.4 is 0 Å². The molecular weight excluding hydrogens is 98.1 g/mol. The van der Waals surface area contributed by atoms with Gasteiger partial charge < -0.3 is 4.90 Å². The molecule has 8 heavy (non-hydrogen) atoms. The summed E-state index contributed by atoms with van der Waals surface area (Å²) in [6, 6.07) is 0. The van der Waals surface area contributed by atoms with Crippen LogP contribution >= 0.6 is 0 Å². The number of allylic oxidation sites excluding steroid dienone is 1. The van der Waals surface area contributed by atoms with Crippen LogP contribution in [-0.4, -0.2) is 18.5 Å². The maximum atomic E-state index is 3.61. The third-order valence-electron chi connectivity index (χ3n) is 0.821. The third-order valence-corrected chi connectivity index (χ3v) is 0.821. The summed E-state index contributed by atoms with van der Waals surface area (Å²) in [4.78, 5) is 2.06. The molecule has 0 amide bonds. The Hall–Kier alpha value is -0.720. The van der Waals surface area contributed by atoms with E-state index in [4.69, 9.17) is 0 Å². The fraction of sp³-hybridized carbons (Fsp3) is 0.429. The van der Waals surface area contributed by atoms with Crippen molar-refractivity contribution < 1.29 is 0 Å². The first-order chi connectivity index (χ1) is 3.81. The second-order valence-electron chi connectivity index (χ2n) is 1.71. The normalized spacial score (nSPS) is 9.75. The molecule has 1 nitrogen and oxygen atoms in total. The van der Waals surface area contributed by atoms with Crippen molar-refractivity contribution in [3.8, 4) is 0 Å². The average molecular weight is 111 g/mol. The molecule has 0 heterocycles. The summed E-state index contributed by atoms with van der Waals surface area (Å²) in [5, 5.41) is 0. The molecule has 0 atom stereocenters. The molecule has 1 heteroatoms. The monoisotopic (exact) mass is 111 g/mol. The van der Waals surface area contributed by atoms with E-state index in [0.29, 0.717) is 0 Å². The van der Waals surface area contributed by atoms with Crippen molar-refractivity contribution in [1.29, 1.82) is 0 Å². The molecule has 0 fully saturated rings. The van der Waals surface area contributed by atoms with Gasteiger partial charge in [-0.15, -0.1) is 6.58 Å². The summed E-state index contributed by atoms with van der Waals surface area (Å²) in [7, 11) is 2.02. The lowest BCUT2D eigenvalue weighted by molar-refractivity contribution is 0.509. The van der Waals surface area contributed by atoms with Gasteiger partial charge in [0.25, 0.3) is 0 Å². The zero-order valence-electron chi connectivity index (χ0n) is 5.59. The van der Waals surface area contributed by atoms with Gasteiger partial charge in [0.15, 0.2) is 0 Å². The molecule has 0 aromatic rings. The molecule has 0 bridgehead atoms. The summed E-state index contributed by atoms with van der Waals surface area (Å²) in [6.45, 7) is 6.53. The van der Waals surface area contributed by atoms with Crippen molar-refractivity contribution in [3.63, 3.8) is 0 Å². The SMILES string of the molecule is C=CCN(C)/C=C\C. The van der Waals surface area contributed by atoms with E-state index < -0.39 is 0 Å². The van der Waals surface area contributed by atoms with E-state index in [2.05, 4.69) is 11.5 Å². The number of hydrogen-bond donors (Lipinski definition) is 0. The van der Waals surface area contributed by atoms with Gasteiger partial charge in [0.05, 0.1) is 0 Å². The van der Waals surface area contributed by atoms with Gasteiger partial charge in [0.2, 0.25) is 0 Å². The smallest absolute Gasteiger partial charge is 0.0348 e. The van der Waals surface area contributed by atoms with Crippen LogP contribution in [0.3, 0.4) is 0 Å². The van der Waals surface area contributed by atoms with Crippen molar-refractivity contribution in [2.75, 3.05) is 13.6 Å². The van der Waals surface area contributed by atoms with Crippen LogP contribution in [0.25, 0.3) is 0 Å². The topological polar surface area (TPSA) is 3.24 Å². The van der Waals surface area contributed by atoms with Crippen molar-refractivity contribution >= 4 is 0 Å². The van der Waals surface area contributed by atoms with Gasteiger partial charge in [-0.1, -0.05) is 12.2 Å². The highest BCUT2D eigenvalue weighted by Gasteiger charge is 1.79. The first kappa shape index (κ1) is 7.28. The number of rotatable bonds is 3. The lowest BCUT2D eigenvalue weighted by Gasteiger charge is -2.08. The van der Waals surface area contributed by atoms with Gasteiger partial charge in [0.1, 0.15) is 0 Å². The summed E-state index contributed by atoms with van der Waals surface area (Å²) in [5.41, 5.74) is 0. The van der Waals surface area contributed by atoms with Gasteiger partial charge in [-0.25, -0.2) is 0 Å². The van der Waals surface area contributed by atoms with E-state index in [1.165, 1.54) is 0 Å². The van der Waals surface area contributed by atoms with Crippen LogP contribution in [0.4, 0.5) is 0 Å². The van der Waals surface area contributed by atoms with E-state index in [-0.39, 0.29) is 0 Å². The minimum absolute atomic E-state index is 0.921. The quantitative estimate of drug-likeness (QED) is 0.500. The largest absolute Gasteiger partial charge is 0.377 e. The molecule has 0 saturated carbocycles. The standard InChI is InChI=1S/C7H13N/c1-4-6-8(3)7-5-2/h4-5,7H,1,6H2,2-3H3/b7-5-. The predicted octanol–water partition coefficient (Wildman–Crippen LogP) is 1.64. The minimum Gasteiger partial charge on any atom is -0.377 e. The minimum atomic E-state index is 0.921. The molecule has 0 spiro atoms. The van der Waals surface area contributed by atoms with E-state index in [1.807, 2.05) is 32.3 Å². The summed E-state index contributed by atoms with van der Waals surface area (Å²) < 4.78 is 0. The van der Waals surface area contributed by atoms with Crippen LogP contribution in [0.15, 0.2) is 24.9 Å². The van der Waals surface area contributed by atoms with Gasteiger partial charge in [-0.3, -0.25) is 0 Å². The molecule has 0 unspecified atom stereocenters. The molecular formula is C7H13N. The number of nitrogens with zero attached hydrogens (tertiary/aromatic N) is 1. The fourth-order valence-electron chi connectivity index (χ4n) is 0.519. The molecule has 0 rings (SSSR count). The fourth-order valence-corrected chi connectivity index (χ4v) is 0.519.